The summed E-state index contributed by atoms with van der Waals surface area (Å²) < 4.78 is 14.1. The molecule has 3 aromatic rings. The van der Waals surface area contributed by atoms with Crippen molar-refractivity contribution in [2.45, 2.75) is 13.0 Å². The first kappa shape index (κ1) is 26.9. The Morgan fingerprint density at radius 2 is 1.86 bits per heavy atom. The number of amides is 3. The van der Waals surface area contributed by atoms with E-state index in [4.69, 9.17) is 20.9 Å². The van der Waals surface area contributed by atoms with Gasteiger partial charge in [0.2, 0.25) is 5.91 Å². The van der Waals surface area contributed by atoms with Crippen LogP contribution >= 0.6 is 11.5 Å². The summed E-state index contributed by atoms with van der Waals surface area (Å²) in [6, 6.07) is 10.6. The van der Waals surface area contributed by atoms with Gasteiger partial charge >= 0.3 is 5.97 Å². The Kier molecular flexibility index (Phi) is 8.64. The van der Waals surface area contributed by atoms with E-state index in [1.807, 2.05) is 0 Å². The van der Waals surface area contributed by atoms with Crippen LogP contribution in [0, 0.1) is 0 Å². The average molecular weight is 528 g/mol. The van der Waals surface area contributed by atoms with E-state index >= 15 is 0 Å². The molecular formula is C24H25N5O7S. The molecule has 1 heterocycles. The molecule has 6 N–H and O–H groups in total. The van der Waals surface area contributed by atoms with Gasteiger partial charge in [-0.25, -0.2) is 0 Å². The number of carbonyl (C=O) groups is 4. The lowest BCUT2D eigenvalue weighted by atomic mass is 10.0. The van der Waals surface area contributed by atoms with Crippen molar-refractivity contribution in [3.8, 4) is 11.5 Å². The van der Waals surface area contributed by atoms with Gasteiger partial charge in [-0.15, -0.1) is 0 Å². The smallest absolute Gasteiger partial charge is 0.325 e. The van der Waals surface area contributed by atoms with Crippen LogP contribution in [0.25, 0.3) is 0 Å². The molecular weight excluding hydrogens is 502 g/mol. The van der Waals surface area contributed by atoms with E-state index in [2.05, 4.69) is 9.69 Å². The molecule has 0 bridgehead atoms. The number of nitrogen functional groups attached to an aromatic ring is 1. The maximum absolute atomic E-state index is 13.9. The monoisotopic (exact) mass is 527 g/mol. The minimum absolute atomic E-state index is 0.0634. The summed E-state index contributed by atoms with van der Waals surface area (Å²) in [7, 11) is 1.44. The number of ether oxygens (including phenoxy) is 2. The molecule has 37 heavy (non-hydrogen) atoms. The van der Waals surface area contributed by atoms with Gasteiger partial charge in [0, 0.05) is 11.8 Å². The largest absolute Gasteiger partial charge is 0.508 e. The number of hydrogen-bond donors (Lipinski definition) is 4. The van der Waals surface area contributed by atoms with E-state index in [0.717, 1.165) is 4.90 Å². The summed E-state index contributed by atoms with van der Waals surface area (Å²) in [4.78, 5) is 52.0. The number of rotatable bonds is 10. The summed E-state index contributed by atoms with van der Waals surface area (Å²) in [5.41, 5.74) is 11.4. The Hall–Kier alpha value is -4.65. The molecule has 13 heteroatoms. The van der Waals surface area contributed by atoms with Crippen molar-refractivity contribution in [3.05, 3.63) is 64.7 Å². The molecule has 1 unspecified atom stereocenters. The zero-order chi connectivity index (χ0) is 27.1. The molecule has 2 aromatic carbocycles. The van der Waals surface area contributed by atoms with Crippen LogP contribution in [0.3, 0.4) is 0 Å². The summed E-state index contributed by atoms with van der Waals surface area (Å²) in [5, 5.41) is 12.3. The Balaban J connectivity index is 2.17. The maximum Gasteiger partial charge on any atom is 0.325 e. The summed E-state index contributed by atoms with van der Waals surface area (Å²) >= 11 is 0.653. The number of methoxy groups -OCH3 is 1. The number of phenolic OH excluding ortho intramolecular Hbond substituents is 1. The molecule has 3 amide bonds. The van der Waals surface area contributed by atoms with Gasteiger partial charge in [-0.2, -0.15) is 4.37 Å². The Morgan fingerprint density at radius 1 is 1.16 bits per heavy atom. The fraction of sp³-hybridized carbons (Fsp3) is 0.208. The van der Waals surface area contributed by atoms with E-state index in [0.29, 0.717) is 22.8 Å². The SMILES string of the molecule is CCOC(=O)CNC(=O)C(c1ccc(O)cc1)N(C(=O)c1snc(C(N)=O)c1N)c1cccc(OC)c1. The molecule has 0 aliphatic rings. The quantitative estimate of drug-likeness (QED) is 0.284. The molecule has 12 nitrogen and oxygen atoms in total. The second kappa shape index (κ2) is 11.9. The number of esters is 1. The molecule has 0 aliphatic carbocycles. The summed E-state index contributed by atoms with van der Waals surface area (Å²) in [6.07, 6.45) is 0. The highest BCUT2D eigenvalue weighted by Gasteiger charge is 2.36. The molecule has 3 rings (SSSR count). The zero-order valence-corrected chi connectivity index (χ0v) is 20.8. The molecule has 0 radical (unpaired) electrons. The molecule has 1 aromatic heterocycles. The average Bonchev–Trinajstić information content (AvgIpc) is 3.28. The fourth-order valence-electron chi connectivity index (χ4n) is 3.42. The van der Waals surface area contributed by atoms with Crippen LogP contribution < -0.4 is 26.4 Å². The third-order valence-electron chi connectivity index (χ3n) is 5.13. The van der Waals surface area contributed by atoms with Crippen molar-refractivity contribution in [2.24, 2.45) is 5.73 Å². The topological polar surface area (TPSA) is 187 Å². The fourth-order valence-corrected chi connectivity index (χ4v) is 4.17. The van der Waals surface area contributed by atoms with Crippen molar-refractivity contribution >= 4 is 46.6 Å². The predicted molar refractivity (Wildman–Crippen MR) is 135 cm³/mol. The molecule has 0 aliphatic heterocycles. The molecule has 0 saturated heterocycles. The number of phenols is 1. The number of benzene rings is 2. The maximum atomic E-state index is 13.9. The first-order valence-electron chi connectivity index (χ1n) is 10.9. The second-order valence-electron chi connectivity index (χ2n) is 7.53. The molecule has 0 saturated carbocycles. The number of carbonyl (C=O) groups excluding carboxylic acids is 4. The molecule has 0 fully saturated rings. The first-order valence-corrected chi connectivity index (χ1v) is 11.7. The van der Waals surface area contributed by atoms with Gasteiger partial charge in [-0.3, -0.25) is 24.1 Å². The highest BCUT2D eigenvalue weighted by Crippen LogP contribution is 2.35. The van der Waals surface area contributed by atoms with Crippen LogP contribution in [0.1, 0.15) is 38.7 Å². The number of primary amides is 1. The minimum Gasteiger partial charge on any atom is -0.508 e. The number of nitrogens with one attached hydrogen (secondary N) is 1. The van der Waals surface area contributed by atoms with Gasteiger partial charge in [-0.05, 0) is 48.3 Å². The zero-order valence-electron chi connectivity index (χ0n) is 20.0. The van der Waals surface area contributed by atoms with Crippen molar-refractivity contribution in [2.75, 3.05) is 30.9 Å². The Labute approximate surface area is 215 Å². The van der Waals surface area contributed by atoms with Crippen molar-refractivity contribution in [1.29, 1.82) is 0 Å². The van der Waals surface area contributed by atoms with E-state index in [9.17, 15) is 24.3 Å². The van der Waals surface area contributed by atoms with Gasteiger partial charge in [-0.1, -0.05) is 18.2 Å². The number of nitrogens with zero attached hydrogens (tertiary/aromatic N) is 2. The van der Waals surface area contributed by atoms with Gasteiger partial charge < -0.3 is 31.4 Å². The first-order chi connectivity index (χ1) is 17.7. The molecule has 1 atom stereocenters. The van der Waals surface area contributed by atoms with Gasteiger partial charge in [0.05, 0.1) is 19.4 Å². The van der Waals surface area contributed by atoms with E-state index in [1.165, 1.54) is 37.4 Å². The van der Waals surface area contributed by atoms with Crippen molar-refractivity contribution in [3.63, 3.8) is 0 Å². The van der Waals surface area contributed by atoms with Crippen LogP contribution in [-0.2, 0) is 14.3 Å². The Bertz CT molecular complexity index is 1310. The van der Waals surface area contributed by atoms with Gasteiger partial charge in [0.15, 0.2) is 5.69 Å². The lowest BCUT2D eigenvalue weighted by molar-refractivity contribution is -0.143. The number of aromatic nitrogens is 1. The van der Waals surface area contributed by atoms with Crippen LogP contribution in [-0.4, -0.2) is 53.4 Å². The molecule has 194 valence electrons. The van der Waals surface area contributed by atoms with Crippen LogP contribution in [0.2, 0.25) is 0 Å². The van der Waals surface area contributed by atoms with E-state index < -0.39 is 36.3 Å². The number of anilines is 2. The molecule has 0 spiro atoms. The second-order valence-corrected chi connectivity index (χ2v) is 8.31. The summed E-state index contributed by atoms with van der Waals surface area (Å²) in [5.74, 6) is -2.75. The van der Waals surface area contributed by atoms with Crippen LogP contribution in [0.5, 0.6) is 11.5 Å². The lowest BCUT2D eigenvalue weighted by Gasteiger charge is -2.31. The van der Waals surface area contributed by atoms with Crippen LogP contribution in [0.4, 0.5) is 11.4 Å². The third kappa shape index (κ3) is 6.13. The number of nitrogens with two attached hydrogens (primary N) is 2. The Morgan fingerprint density at radius 3 is 2.46 bits per heavy atom. The van der Waals surface area contributed by atoms with E-state index in [-0.39, 0.29) is 34.3 Å². The normalized spacial score (nSPS) is 11.3. The van der Waals surface area contributed by atoms with Crippen LogP contribution in [0.15, 0.2) is 48.5 Å². The lowest BCUT2D eigenvalue weighted by Crippen LogP contribution is -2.45. The van der Waals surface area contributed by atoms with E-state index in [1.54, 1.807) is 25.1 Å². The predicted octanol–water partition coefficient (Wildman–Crippen LogP) is 1.61. The van der Waals surface area contributed by atoms with Gasteiger partial charge in [0.25, 0.3) is 11.8 Å². The summed E-state index contributed by atoms with van der Waals surface area (Å²) in [6.45, 7) is 1.30. The van der Waals surface area contributed by atoms with Gasteiger partial charge in [0.1, 0.15) is 29.0 Å². The minimum atomic E-state index is -1.35. The van der Waals surface area contributed by atoms with Crippen molar-refractivity contribution < 1.29 is 33.8 Å². The highest BCUT2D eigenvalue weighted by molar-refractivity contribution is 7.09. The number of aromatic hydroxyl groups is 1. The van der Waals surface area contributed by atoms with Crippen molar-refractivity contribution in [1.82, 2.24) is 9.69 Å². The number of hydrogen-bond acceptors (Lipinski definition) is 10. The standard InChI is InChI=1S/C24H25N5O7S/c1-3-36-17(31)12-27-23(33)20(13-7-9-15(30)10-8-13)29(14-5-4-6-16(11-14)35-2)24(34)21-18(25)19(22(26)32)28-37-21/h4-11,20,30H,3,12,25H2,1-2H3,(H2,26,32)(H,27,33). The highest BCUT2D eigenvalue weighted by atomic mass is 32.1. The third-order valence-corrected chi connectivity index (χ3v) is 5.98.